The van der Waals surface area contributed by atoms with Crippen LogP contribution in [0, 0.1) is 0 Å². The molecule has 7 rings (SSSR count). The van der Waals surface area contributed by atoms with Gasteiger partial charge in [-0.15, -0.1) is 0 Å². The topological polar surface area (TPSA) is 57.1 Å². The highest BCUT2D eigenvalue weighted by Crippen LogP contribution is 2.37. The number of benzene rings is 4. The fourth-order valence-electron chi connectivity index (χ4n) is 5.23. The van der Waals surface area contributed by atoms with Crippen LogP contribution in [0.5, 0.6) is 0 Å². The van der Waals surface area contributed by atoms with Crippen LogP contribution < -0.4 is 5.46 Å². The number of fused-ring (bicyclic) bond motifs is 3. The van der Waals surface area contributed by atoms with E-state index in [0.717, 1.165) is 54.9 Å². The number of aromatic nitrogens is 3. The summed E-state index contributed by atoms with van der Waals surface area (Å²) in [5, 5.41) is 4.35. The second kappa shape index (κ2) is 8.70. The predicted octanol–water partition coefficient (Wildman–Crippen LogP) is 6.96. The van der Waals surface area contributed by atoms with Gasteiger partial charge in [0.05, 0.1) is 27.9 Å². The zero-order chi connectivity index (χ0) is 26.8. The van der Waals surface area contributed by atoms with Crippen LogP contribution in [0.2, 0.25) is 0 Å². The summed E-state index contributed by atoms with van der Waals surface area (Å²) in [5.74, 6) is 0.682. The molecule has 0 aliphatic carbocycles. The van der Waals surface area contributed by atoms with Crippen LogP contribution in [0.3, 0.4) is 0 Å². The minimum Gasteiger partial charge on any atom is -0.399 e. The molecule has 1 saturated heterocycles. The summed E-state index contributed by atoms with van der Waals surface area (Å²) in [4.78, 5) is 14.8. The minimum atomic E-state index is -0.408. The first-order valence-electron chi connectivity index (χ1n) is 13.3. The molecule has 39 heavy (non-hydrogen) atoms. The van der Waals surface area contributed by atoms with Gasteiger partial charge in [0.15, 0.2) is 5.82 Å². The molecule has 0 spiro atoms. The Morgan fingerprint density at radius 3 is 2.10 bits per heavy atom. The Kier molecular flexibility index (Phi) is 5.34. The summed E-state index contributed by atoms with van der Waals surface area (Å²) >= 11 is 0. The molecule has 1 fully saturated rings. The minimum absolute atomic E-state index is 0.386. The highest BCUT2D eigenvalue weighted by molar-refractivity contribution is 6.62. The molecule has 4 aromatic carbocycles. The maximum Gasteiger partial charge on any atom is 0.494 e. The van der Waals surface area contributed by atoms with Gasteiger partial charge in [0, 0.05) is 28.1 Å². The van der Waals surface area contributed by atoms with Gasteiger partial charge in [0.25, 0.3) is 0 Å². The number of hydrogen-bond donors (Lipinski definition) is 0. The first kappa shape index (κ1) is 24.0. The van der Waals surface area contributed by atoms with Gasteiger partial charge in [0.1, 0.15) is 0 Å². The van der Waals surface area contributed by atoms with Crippen molar-refractivity contribution in [1.82, 2.24) is 15.0 Å². The van der Waals surface area contributed by atoms with E-state index < -0.39 is 7.12 Å². The second-order valence-corrected chi connectivity index (χ2v) is 11.2. The number of rotatable bonds is 3. The zero-order valence-corrected chi connectivity index (χ0v) is 22.5. The van der Waals surface area contributed by atoms with Gasteiger partial charge >= 0.3 is 7.12 Å². The molecule has 0 amide bonds. The monoisotopic (exact) mass is 509 g/mol. The highest BCUT2D eigenvalue weighted by atomic mass is 16.7. The maximum absolute atomic E-state index is 6.28. The summed E-state index contributed by atoms with van der Waals surface area (Å²) in [6, 6.07) is 31.2. The van der Waals surface area contributed by atoms with Crippen molar-refractivity contribution in [1.29, 1.82) is 0 Å². The molecule has 5 nitrogen and oxygen atoms in total. The van der Waals surface area contributed by atoms with E-state index in [0.29, 0.717) is 5.82 Å². The molecule has 3 heterocycles. The highest BCUT2D eigenvalue weighted by Gasteiger charge is 2.51. The van der Waals surface area contributed by atoms with Gasteiger partial charge in [-0.1, -0.05) is 66.7 Å². The van der Waals surface area contributed by atoms with Crippen LogP contribution in [0.1, 0.15) is 27.7 Å². The van der Waals surface area contributed by atoms with E-state index >= 15 is 0 Å². The molecule has 1 aliphatic rings. The van der Waals surface area contributed by atoms with Crippen LogP contribution >= 0.6 is 0 Å². The van der Waals surface area contributed by atoms with Crippen molar-refractivity contribution < 1.29 is 9.31 Å². The lowest BCUT2D eigenvalue weighted by Gasteiger charge is -2.32. The summed E-state index contributed by atoms with van der Waals surface area (Å²) < 4.78 is 12.6. The molecule has 1 aliphatic heterocycles. The van der Waals surface area contributed by atoms with E-state index in [4.69, 9.17) is 19.3 Å². The zero-order valence-electron chi connectivity index (χ0n) is 22.5. The lowest BCUT2D eigenvalue weighted by Crippen LogP contribution is -2.41. The SMILES string of the molecule is CC1(C)OB(c2ccc(-c3nc(-c4cccc5ncccc45)nc4cc5ccccc5cc34)cc2)OC1(C)C. The van der Waals surface area contributed by atoms with E-state index in [-0.39, 0.29) is 11.2 Å². The third-order valence-corrected chi connectivity index (χ3v) is 8.16. The Hall–Kier alpha value is -4.13. The van der Waals surface area contributed by atoms with Crippen LogP contribution in [0.25, 0.3) is 55.2 Å². The first-order chi connectivity index (χ1) is 18.8. The molecule has 0 bridgehead atoms. The maximum atomic E-state index is 6.28. The van der Waals surface area contributed by atoms with Gasteiger partial charge in [-0.25, -0.2) is 9.97 Å². The summed E-state index contributed by atoms with van der Waals surface area (Å²) in [6.45, 7) is 8.29. The standard InChI is InChI=1S/C33H28BN3O2/c1-32(2)33(3,4)39-34(38-32)24-16-14-21(15-17-24)30-27-19-22-9-5-6-10-23(22)20-29(27)36-31(37-30)26-11-7-13-28-25(26)12-8-18-35-28/h5-20H,1-4H3. The molecule has 0 saturated carbocycles. The summed E-state index contributed by atoms with van der Waals surface area (Å²) in [6.07, 6.45) is 1.81. The lowest BCUT2D eigenvalue weighted by molar-refractivity contribution is 0.00578. The molecule has 0 radical (unpaired) electrons. The van der Waals surface area contributed by atoms with Crippen molar-refractivity contribution in [3.63, 3.8) is 0 Å². The van der Waals surface area contributed by atoms with E-state index in [1.54, 1.807) is 0 Å². The van der Waals surface area contributed by atoms with Gasteiger partial charge in [-0.05, 0) is 68.2 Å². The van der Waals surface area contributed by atoms with Crippen molar-refractivity contribution in [2.45, 2.75) is 38.9 Å². The van der Waals surface area contributed by atoms with Crippen molar-refractivity contribution in [3.05, 3.63) is 97.2 Å². The van der Waals surface area contributed by atoms with E-state index in [2.05, 4.69) is 105 Å². The molecule has 0 N–H and O–H groups in total. The predicted molar refractivity (Wildman–Crippen MR) is 159 cm³/mol. The molecular weight excluding hydrogens is 481 g/mol. The van der Waals surface area contributed by atoms with Crippen molar-refractivity contribution in [2.75, 3.05) is 0 Å². The Morgan fingerprint density at radius 2 is 1.36 bits per heavy atom. The van der Waals surface area contributed by atoms with E-state index in [1.165, 1.54) is 0 Å². The summed E-state index contributed by atoms with van der Waals surface area (Å²) in [7, 11) is -0.408. The van der Waals surface area contributed by atoms with Crippen LogP contribution in [-0.2, 0) is 9.31 Å². The molecule has 0 atom stereocenters. The Bertz CT molecular complexity index is 1860. The van der Waals surface area contributed by atoms with Crippen molar-refractivity contribution in [2.24, 2.45) is 0 Å². The third kappa shape index (κ3) is 3.99. The normalized spacial score (nSPS) is 16.4. The van der Waals surface area contributed by atoms with Gasteiger partial charge in [0.2, 0.25) is 0 Å². The van der Waals surface area contributed by atoms with Crippen molar-refractivity contribution >= 4 is 45.2 Å². The van der Waals surface area contributed by atoms with Crippen LogP contribution in [0.15, 0.2) is 97.2 Å². The Balaban J connectivity index is 1.40. The quantitative estimate of drug-likeness (QED) is 0.191. The molecule has 2 aromatic heterocycles. The van der Waals surface area contributed by atoms with Gasteiger partial charge < -0.3 is 9.31 Å². The number of pyridine rings is 1. The van der Waals surface area contributed by atoms with E-state index in [9.17, 15) is 0 Å². The number of hydrogen-bond acceptors (Lipinski definition) is 5. The number of nitrogens with zero attached hydrogens (tertiary/aromatic N) is 3. The van der Waals surface area contributed by atoms with E-state index in [1.807, 2.05) is 24.4 Å². The fraction of sp³-hybridized carbons (Fsp3) is 0.182. The second-order valence-electron chi connectivity index (χ2n) is 11.2. The first-order valence-corrected chi connectivity index (χ1v) is 13.3. The average molecular weight is 509 g/mol. The Morgan fingerprint density at radius 1 is 0.641 bits per heavy atom. The van der Waals surface area contributed by atoms with Crippen molar-refractivity contribution in [3.8, 4) is 22.6 Å². The summed E-state index contributed by atoms with van der Waals surface area (Å²) in [5.41, 5.74) is 4.91. The molecule has 6 heteroatoms. The molecule has 6 aromatic rings. The largest absolute Gasteiger partial charge is 0.494 e. The lowest BCUT2D eigenvalue weighted by atomic mass is 9.78. The van der Waals surface area contributed by atoms with Crippen LogP contribution in [-0.4, -0.2) is 33.3 Å². The molecule has 190 valence electrons. The van der Waals surface area contributed by atoms with Crippen LogP contribution in [0.4, 0.5) is 0 Å². The Labute approximate surface area is 228 Å². The van der Waals surface area contributed by atoms with Gasteiger partial charge in [-0.2, -0.15) is 0 Å². The third-order valence-electron chi connectivity index (χ3n) is 8.16. The fourth-order valence-corrected chi connectivity index (χ4v) is 5.23. The van der Waals surface area contributed by atoms with Gasteiger partial charge in [-0.3, -0.25) is 4.98 Å². The molecule has 0 unspecified atom stereocenters. The average Bonchev–Trinajstić information content (AvgIpc) is 3.17. The smallest absolute Gasteiger partial charge is 0.399 e. The molecular formula is C33H28BN3O2.